The van der Waals surface area contributed by atoms with Crippen LogP contribution >= 0.6 is 0 Å². The van der Waals surface area contributed by atoms with Gasteiger partial charge in [0.15, 0.2) is 11.5 Å². The Hall–Kier alpha value is -4.59. The molecule has 0 unspecified atom stereocenters. The van der Waals surface area contributed by atoms with Crippen molar-refractivity contribution >= 4 is 16.8 Å². The topological polar surface area (TPSA) is 91.6 Å². The highest BCUT2D eigenvalue weighted by Crippen LogP contribution is 2.32. The van der Waals surface area contributed by atoms with Gasteiger partial charge in [0.25, 0.3) is 11.5 Å². The molecule has 176 valence electrons. The number of aromatic nitrogens is 2. The van der Waals surface area contributed by atoms with Crippen molar-refractivity contribution in [2.24, 2.45) is 0 Å². The van der Waals surface area contributed by atoms with Crippen molar-refractivity contribution in [2.75, 3.05) is 6.79 Å². The molecule has 0 atom stereocenters. The lowest BCUT2D eigenvalue weighted by Crippen LogP contribution is -2.40. The minimum atomic E-state index is -0.454. The fourth-order valence-corrected chi connectivity index (χ4v) is 4.10. The van der Waals surface area contributed by atoms with Crippen molar-refractivity contribution in [3.05, 3.63) is 117 Å². The van der Waals surface area contributed by atoms with E-state index in [2.05, 4.69) is 11.9 Å². The zero-order chi connectivity index (χ0) is 24.4. The van der Waals surface area contributed by atoms with Gasteiger partial charge in [0.05, 0.1) is 17.4 Å². The fourth-order valence-electron chi connectivity index (χ4n) is 4.10. The summed E-state index contributed by atoms with van der Waals surface area (Å²) in [6.07, 6.45) is 1.51. The maximum atomic E-state index is 13.2. The van der Waals surface area contributed by atoms with Crippen LogP contribution in [-0.4, -0.2) is 21.8 Å². The SMILES string of the molecule is C=CCn1c(=O)c2ccc(C(=O)NCc3ccc4c(c3)OCO4)cc2n(Cc2ccccc2)c1=O. The molecule has 4 aromatic rings. The van der Waals surface area contributed by atoms with Crippen molar-refractivity contribution < 1.29 is 14.3 Å². The Morgan fingerprint density at radius 1 is 0.943 bits per heavy atom. The zero-order valence-electron chi connectivity index (χ0n) is 18.9. The first kappa shape index (κ1) is 22.2. The third-order valence-electron chi connectivity index (χ3n) is 5.87. The van der Waals surface area contributed by atoms with Crippen LogP contribution in [0.3, 0.4) is 0 Å². The molecule has 2 heterocycles. The molecule has 0 saturated heterocycles. The van der Waals surface area contributed by atoms with Gasteiger partial charge >= 0.3 is 5.69 Å². The van der Waals surface area contributed by atoms with Crippen LogP contribution in [0.2, 0.25) is 0 Å². The first-order valence-corrected chi connectivity index (χ1v) is 11.1. The van der Waals surface area contributed by atoms with Crippen LogP contribution in [-0.2, 0) is 19.6 Å². The minimum Gasteiger partial charge on any atom is -0.454 e. The number of fused-ring (bicyclic) bond motifs is 2. The Morgan fingerprint density at radius 3 is 2.54 bits per heavy atom. The Balaban J connectivity index is 1.50. The minimum absolute atomic E-state index is 0.0974. The average molecular weight is 469 g/mol. The second-order valence-electron chi connectivity index (χ2n) is 8.16. The predicted octanol–water partition coefficient (Wildman–Crippen LogP) is 3.06. The number of carbonyl (C=O) groups excluding carboxylic acids is 1. The van der Waals surface area contributed by atoms with Crippen molar-refractivity contribution in [1.29, 1.82) is 0 Å². The number of hydrogen-bond acceptors (Lipinski definition) is 5. The maximum absolute atomic E-state index is 13.2. The number of allylic oxidation sites excluding steroid dienone is 1. The molecule has 3 aromatic carbocycles. The quantitative estimate of drug-likeness (QED) is 0.420. The Bertz CT molecular complexity index is 1550. The fraction of sp³-hybridized carbons (Fsp3) is 0.148. The first-order chi connectivity index (χ1) is 17.0. The van der Waals surface area contributed by atoms with Crippen LogP contribution in [0.5, 0.6) is 11.5 Å². The lowest BCUT2D eigenvalue weighted by molar-refractivity contribution is 0.0951. The number of nitrogens with one attached hydrogen (secondary N) is 1. The molecule has 8 nitrogen and oxygen atoms in total. The van der Waals surface area contributed by atoms with E-state index >= 15 is 0 Å². The van der Waals surface area contributed by atoms with Gasteiger partial charge < -0.3 is 14.8 Å². The van der Waals surface area contributed by atoms with E-state index in [0.29, 0.717) is 28.0 Å². The third kappa shape index (κ3) is 4.33. The Labute approximate surface area is 200 Å². The molecule has 1 amide bonds. The molecule has 1 aliphatic rings. The van der Waals surface area contributed by atoms with E-state index in [-0.39, 0.29) is 32.3 Å². The summed E-state index contributed by atoms with van der Waals surface area (Å²) in [5, 5.41) is 3.24. The third-order valence-corrected chi connectivity index (χ3v) is 5.87. The van der Waals surface area contributed by atoms with Crippen LogP contribution in [0.15, 0.2) is 89.0 Å². The summed E-state index contributed by atoms with van der Waals surface area (Å²) in [5.74, 6) is 0.995. The standard InChI is InChI=1S/C27H23N3O5/c1-2-12-29-26(32)21-10-9-20(14-22(21)30(27(29)33)16-18-6-4-3-5-7-18)25(31)28-15-19-8-11-23-24(13-19)35-17-34-23/h2-11,13-14H,1,12,15-17H2,(H,28,31). The summed E-state index contributed by atoms with van der Waals surface area (Å²) < 4.78 is 13.4. The lowest BCUT2D eigenvalue weighted by atomic mass is 10.1. The summed E-state index contributed by atoms with van der Waals surface area (Å²) in [7, 11) is 0. The monoisotopic (exact) mass is 469 g/mol. The van der Waals surface area contributed by atoms with Gasteiger partial charge in [-0.05, 0) is 41.5 Å². The normalized spacial score (nSPS) is 12.0. The number of amides is 1. The van der Waals surface area contributed by atoms with Gasteiger partial charge in [0.1, 0.15) is 0 Å². The van der Waals surface area contributed by atoms with Gasteiger partial charge in [0.2, 0.25) is 6.79 Å². The molecule has 0 saturated carbocycles. The van der Waals surface area contributed by atoms with E-state index in [9.17, 15) is 14.4 Å². The van der Waals surface area contributed by atoms with Crippen LogP contribution in [0.1, 0.15) is 21.5 Å². The number of carbonyl (C=O) groups is 1. The molecule has 0 bridgehead atoms. The molecule has 1 aromatic heterocycles. The second-order valence-corrected chi connectivity index (χ2v) is 8.16. The molecule has 1 aliphatic heterocycles. The summed E-state index contributed by atoms with van der Waals surface area (Å²) >= 11 is 0. The van der Waals surface area contributed by atoms with Crippen molar-refractivity contribution in [1.82, 2.24) is 14.5 Å². The molecule has 0 radical (unpaired) electrons. The molecule has 8 heteroatoms. The second kappa shape index (κ2) is 9.34. The first-order valence-electron chi connectivity index (χ1n) is 11.1. The number of ether oxygens (including phenoxy) is 2. The van der Waals surface area contributed by atoms with Crippen LogP contribution in [0, 0.1) is 0 Å². The molecule has 0 fully saturated rings. The van der Waals surface area contributed by atoms with Crippen molar-refractivity contribution in [2.45, 2.75) is 19.6 Å². The van der Waals surface area contributed by atoms with Crippen LogP contribution < -0.4 is 26.0 Å². The number of rotatable bonds is 7. The van der Waals surface area contributed by atoms with E-state index in [4.69, 9.17) is 9.47 Å². The molecule has 0 spiro atoms. The number of benzene rings is 3. The largest absolute Gasteiger partial charge is 0.454 e. The molecule has 5 rings (SSSR count). The zero-order valence-corrected chi connectivity index (χ0v) is 18.9. The van der Waals surface area contributed by atoms with E-state index in [1.165, 1.54) is 10.6 Å². The molecular formula is C27H23N3O5. The molecule has 35 heavy (non-hydrogen) atoms. The van der Waals surface area contributed by atoms with Gasteiger partial charge in [-0.3, -0.25) is 18.7 Å². The van der Waals surface area contributed by atoms with Gasteiger partial charge in [-0.2, -0.15) is 0 Å². The van der Waals surface area contributed by atoms with Gasteiger partial charge in [-0.25, -0.2) is 4.79 Å². The van der Waals surface area contributed by atoms with Gasteiger partial charge in [0, 0.05) is 18.7 Å². The summed E-state index contributed by atoms with van der Waals surface area (Å²) in [5.41, 5.74) is 1.64. The van der Waals surface area contributed by atoms with E-state index in [0.717, 1.165) is 15.7 Å². The highest BCUT2D eigenvalue weighted by Gasteiger charge is 2.17. The molecule has 1 N–H and O–H groups in total. The lowest BCUT2D eigenvalue weighted by Gasteiger charge is -2.15. The Morgan fingerprint density at radius 2 is 1.74 bits per heavy atom. The summed E-state index contributed by atoms with van der Waals surface area (Å²) in [4.78, 5) is 39.2. The predicted molar refractivity (Wildman–Crippen MR) is 132 cm³/mol. The highest BCUT2D eigenvalue weighted by atomic mass is 16.7. The van der Waals surface area contributed by atoms with Crippen LogP contribution in [0.4, 0.5) is 0 Å². The van der Waals surface area contributed by atoms with Gasteiger partial charge in [-0.15, -0.1) is 6.58 Å². The number of hydrogen-bond donors (Lipinski definition) is 1. The van der Waals surface area contributed by atoms with Crippen molar-refractivity contribution in [3.63, 3.8) is 0 Å². The summed E-state index contributed by atoms with van der Waals surface area (Å²) in [6, 6.07) is 19.7. The Kier molecular flexibility index (Phi) is 5.93. The summed E-state index contributed by atoms with van der Waals surface area (Å²) in [6.45, 7) is 4.48. The van der Waals surface area contributed by atoms with Crippen molar-refractivity contribution in [3.8, 4) is 11.5 Å². The molecular weight excluding hydrogens is 446 g/mol. The van der Waals surface area contributed by atoms with E-state index in [1.54, 1.807) is 24.3 Å². The molecule has 0 aliphatic carbocycles. The average Bonchev–Trinajstić information content (AvgIpc) is 3.36. The maximum Gasteiger partial charge on any atom is 0.332 e. The van der Waals surface area contributed by atoms with E-state index < -0.39 is 11.2 Å². The smallest absolute Gasteiger partial charge is 0.332 e. The van der Waals surface area contributed by atoms with Gasteiger partial charge in [-0.1, -0.05) is 42.5 Å². The van der Waals surface area contributed by atoms with E-state index in [1.807, 2.05) is 42.5 Å². The highest BCUT2D eigenvalue weighted by molar-refractivity contribution is 5.97. The number of nitrogens with zero attached hydrogens (tertiary/aromatic N) is 2. The van der Waals surface area contributed by atoms with Crippen LogP contribution in [0.25, 0.3) is 10.9 Å².